The van der Waals surface area contributed by atoms with Crippen LogP contribution in [0.4, 0.5) is 15.3 Å². The lowest BCUT2D eigenvalue weighted by molar-refractivity contribution is 0.187. The van der Waals surface area contributed by atoms with E-state index in [0.717, 1.165) is 38.9 Å². The van der Waals surface area contributed by atoms with Crippen molar-refractivity contribution in [3.63, 3.8) is 0 Å². The van der Waals surface area contributed by atoms with Crippen molar-refractivity contribution < 1.29 is 9.59 Å². The van der Waals surface area contributed by atoms with Gasteiger partial charge in [0, 0.05) is 53.9 Å². The predicted molar refractivity (Wildman–Crippen MR) is 144 cm³/mol. The van der Waals surface area contributed by atoms with Crippen molar-refractivity contribution in [3.05, 3.63) is 63.6 Å². The van der Waals surface area contributed by atoms with E-state index in [1.165, 1.54) is 11.1 Å². The van der Waals surface area contributed by atoms with Crippen LogP contribution in [-0.2, 0) is 0 Å². The van der Waals surface area contributed by atoms with Crippen molar-refractivity contribution >= 4 is 41.0 Å². The third kappa shape index (κ3) is 9.24. The lowest BCUT2D eigenvalue weighted by Crippen LogP contribution is -2.48. The molecular weight excluding hydrogens is 485 g/mol. The topological polar surface area (TPSA) is 85.5 Å². The van der Waals surface area contributed by atoms with Gasteiger partial charge in [-0.25, -0.2) is 9.59 Å². The molecule has 0 aliphatic carbocycles. The van der Waals surface area contributed by atoms with Gasteiger partial charge in [0.1, 0.15) is 0 Å². The highest BCUT2D eigenvalue weighted by Gasteiger charge is 2.22. The molecule has 3 rings (SSSR count). The average molecular weight is 521 g/mol. The molecule has 35 heavy (non-hydrogen) atoms. The van der Waals surface area contributed by atoms with Crippen molar-refractivity contribution in [3.8, 4) is 0 Å². The summed E-state index contributed by atoms with van der Waals surface area (Å²) < 4.78 is 0. The largest absolute Gasteiger partial charge is 0.338 e. The summed E-state index contributed by atoms with van der Waals surface area (Å²) >= 11 is 12.1. The number of hydrogen-bond acceptors (Lipinski definition) is 3. The second kappa shape index (κ2) is 13.6. The minimum Gasteiger partial charge on any atom is -0.338 e. The minimum absolute atomic E-state index is 0.0882. The van der Waals surface area contributed by atoms with Gasteiger partial charge in [-0.1, -0.05) is 53.0 Å². The second-order valence-corrected chi connectivity index (χ2v) is 9.88. The predicted octanol–water partition coefficient (Wildman–Crippen LogP) is 5.38. The van der Waals surface area contributed by atoms with Crippen molar-refractivity contribution in [2.45, 2.75) is 45.1 Å². The van der Waals surface area contributed by atoms with Gasteiger partial charge >= 0.3 is 12.1 Å². The van der Waals surface area contributed by atoms with Crippen LogP contribution in [0.2, 0.25) is 10.0 Å². The van der Waals surface area contributed by atoms with Crippen LogP contribution in [0.3, 0.4) is 0 Å². The van der Waals surface area contributed by atoms with Gasteiger partial charge in [0.15, 0.2) is 0 Å². The fraction of sp³-hybridized carbons (Fsp3) is 0.462. The van der Waals surface area contributed by atoms with Gasteiger partial charge in [-0.05, 0) is 63.4 Å². The summed E-state index contributed by atoms with van der Waals surface area (Å²) in [6.07, 6.45) is 2.80. The molecule has 190 valence electrons. The molecule has 7 nitrogen and oxygen atoms in total. The molecular formula is C26H35Cl2N5O2. The van der Waals surface area contributed by atoms with Crippen LogP contribution in [0.1, 0.15) is 43.2 Å². The Balaban J connectivity index is 1.52. The minimum atomic E-state index is -0.294. The number of rotatable bonds is 9. The molecule has 0 saturated carbocycles. The SMILES string of the molecule is CCNC(=O)NC1CCN(CCC(CNC(=O)Nc2cc(Cl)cc(Cl)c2)c2ccc(C)cc2)CC1. The number of carbonyl (C=O) groups is 2. The van der Waals surface area contributed by atoms with Crippen LogP contribution < -0.4 is 21.3 Å². The van der Waals surface area contributed by atoms with Crippen molar-refractivity contribution in [1.82, 2.24) is 20.9 Å². The molecule has 1 aliphatic rings. The maximum absolute atomic E-state index is 12.5. The Labute approximate surface area is 217 Å². The van der Waals surface area contributed by atoms with Crippen LogP contribution in [-0.4, -0.2) is 55.7 Å². The molecule has 4 amide bonds. The van der Waals surface area contributed by atoms with E-state index < -0.39 is 0 Å². The van der Waals surface area contributed by atoms with E-state index in [1.807, 2.05) is 6.92 Å². The zero-order valence-corrected chi connectivity index (χ0v) is 21.9. The number of benzene rings is 2. The molecule has 2 aromatic carbocycles. The van der Waals surface area contributed by atoms with Gasteiger partial charge < -0.3 is 26.2 Å². The average Bonchev–Trinajstić information content (AvgIpc) is 2.80. The fourth-order valence-electron chi connectivity index (χ4n) is 4.28. The quantitative estimate of drug-likeness (QED) is 0.358. The molecule has 4 N–H and O–H groups in total. The molecule has 1 fully saturated rings. The lowest BCUT2D eigenvalue weighted by atomic mass is 9.94. The van der Waals surface area contributed by atoms with Gasteiger partial charge in [-0.2, -0.15) is 0 Å². The highest BCUT2D eigenvalue weighted by atomic mass is 35.5. The van der Waals surface area contributed by atoms with Crippen LogP contribution >= 0.6 is 23.2 Å². The van der Waals surface area contributed by atoms with E-state index >= 15 is 0 Å². The highest BCUT2D eigenvalue weighted by Crippen LogP contribution is 2.23. The van der Waals surface area contributed by atoms with Crippen molar-refractivity contribution in [2.24, 2.45) is 0 Å². The number of amides is 4. The molecule has 0 bridgehead atoms. The summed E-state index contributed by atoms with van der Waals surface area (Å²) in [6, 6.07) is 13.3. The zero-order chi connectivity index (χ0) is 25.2. The molecule has 1 aliphatic heterocycles. The zero-order valence-electron chi connectivity index (χ0n) is 20.4. The number of nitrogens with zero attached hydrogens (tertiary/aromatic N) is 1. The Morgan fingerprint density at radius 3 is 2.29 bits per heavy atom. The molecule has 1 heterocycles. The van der Waals surface area contributed by atoms with Gasteiger partial charge in [0.05, 0.1) is 0 Å². The summed E-state index contributed by atoms with van der Waals surface area (Å²) in [5, 5.41) is 12.6. The van der Waals surface area contributed by atoms with E-state index in [9.17, 15) is 9.59 Å². The molecule has 0 aromatic heterocycles. The summed E-state index contributed by atoms with van der Waals surface area (Å²) in [5.74, 6) is 0.176. The Kier molecular flexibility index (Phi) is 10.5. The summed E-state index contributed by atoms with van der Waals surface area (Å²) in [4.78, 5) is 26.8. The summed E-state index contributed by atoms with van der Waals surface area (Å²) in [6.45, 7) is 7.95. The smallest absolute Gasteiger partial charge is 0.319 e. The summed E-state index contributed by atoms with van der Waals surface area (Å²) in [7, 11) is 0. The molecule has 1 saturated heterocycles. The Morgan fingerprint density at radius 1 is 1.00 bits per heavy atom. The fourth-order valence-corrected chi connectivity index (χ4v) is 4.80. The number of likely N-dealkylation sites (tertiary alicyclic amines) is 1. The molecule has 0 spiro atoms. The van der Waals surface area contributed by atoms with Crippen LogP contribution in [0.25, 0.3) is 0 Å². The Hall–Kier alpha value is -2.48. The van der Waals surface area contributed by atoms with Crippen molar-refractivity contribution in [2.75, 3.05) is 38.0 Å². The molecule has 0 radical (unpaired) electrons. The first-order chi connectivity index (χ1) is 16.8. The van der Waals surface area contributed by atoms with Gasteiger partial charge in [-0.3, -0.25) is 0 Å². The number of urea groups is 2. The second-order valence-electron chi connectivity index (χ2n) is 9.01. The monoisotopic (exact) mass is 519 g/mol. The Morgan fingerprint density at radius 2 is 1.66 bits per heavy atom. The van der Waals surface area contributed by atoms with E-state index in [0.29, 0.717) is 28.8 Å². The third-order valence-corrected chi connectivity index (χ3v) is 6.67. The summed E-state index contributed by atoms with van der Waals surface area (Å²) in [5.41, 5.74) is 2.96. The van der Waals surface area contributed by atoms with Crippen LogP contribution in [0, 0.1) is 6.92 Å². The lowest BCUT2D eigenvalue weighted by Gasteiger charge is -2.33. The van der Waals surface area contributed by atoms with Crippen LogP contribution in [0.5, 0.6) is 0 Å². The molecule has 1 atom stereocenters. The van der Waals surface area contributed by atoms with E-state index in [1.54, 1.807) is 18.2 Å². The highest BCUT2D eigenvalue weighted by molar-refractivity contribution is 6.35. The van der Waals surface area contributed by atoms with Gasteiger partial charge in [-0.15, -0.1) is 0 Å². The van der Waals surface area contributed by atoms with E-state index in [2.05, 4.69) is 57.4 Å². The number of halogens is 2. The molecule has 9 heteroatoms. The first-order valence-corrected chi connectivity index (χ1v) is 12.9. The number of carbonyl (C=O) groups excluding carboxylic acids is 2. The Bertz CT molecular complexity index is 958. The third-order valence-electron chi connectivity index (χ3n) is 6.23. The standard InChI is InChI=1S/C26H35Cl2N5O2/c1-3-29-25(34)31-23-9-12-33(13-10-23)11-8-20(19-6-4-18(2)5-7-19)17-30-26(35)32-24-15-21(27)14-22(28)16-24/h4-7,14-16,20,23H,3,8-13,17H2,1-2H3,(H2,29,31,34)(H2,30,32,35). The van der Waals surface area contributed by atoms with E-state index in [4.69, 9.17) is 23.2 Å². The van der Waals surface area contributed by atoms with Crippen molar-refractivity contribution in [1.29, 1.82) is 0 Å². The van der Waals surface area contributed by atoms with E-state index in [-0.39, 0.29) is 24.0 Å². The number of hydrogen-bond donors (Lipinski definition) is 4. The number of nitrogens with one attached hydrogen (secondary N) is 4. The first-order valence-electron chi connectivity index (χ1n) is 12.2. The van der Waals surface area contributed by atoms with Crippen LogP contribution in [0.15, 0.2) is 42.5 Å². The maximum atomic E-state index is 12.5. The molecule has 1 unspecified atom stereocenters. The molecule has 2 aromatic rings. The first kappa shape index (κ1) is 27.1. The van der Waals surface area contributed by atoms with Gasteiger partial charge in [0.25, 0.3) is 0 Å². The van der Waals surface area contributed by atoms with Gasteiger partial charge in [0.2, 0.25) is 0 Å². The number of anilines is 1. The maximum Gasteiger partial charge on any atom is 0.319 e. The number of piperidine rings is 1. The number of aryl methyl sites for hydroxylation is 1. The normalized spacial score (nSPS) is 15.3.